The number of anilines is 1. The van der Waals surface area contributed by atoms with Crippen LogP contribution in [0.5, 0.6) is 0 Å². The van der Waals surface area contributed by atoms with Crippen molar-refractivity contribution in [3.63, 3.8) is 0 Å². The largest absolute Gasteiger partial charge is 0.414 e. The van der Waals surface area contributed by atoms with Gasteiger partial charge in [0.15, 0.2) is 5.65 Å². The SMILES string of the molecule is C[C@H]1CN(c2cc(S(=O)(=O)NC3(C)COC3)cn3c(-c4nnc(C(F)F)o4)cnc23)C[C@H](C)N1. The van der Waals surface area contributed by atoms with Gasteiger partial charge in [-0.3, -0.25) is 4.40 Å². The van der Waals surface area contributed by atoms with Crippen molar-refractivity contribution in [3.05, 3.63) is 24.4 Å². The van der Waals surface area contributed by atoms with E-state index in [0.717, 1.165) is 0 Å². The van der Waals surface area contributed by atoms with Gasteiger partial charge >= 0.3 is 6.43 Å². The van der Waals surface area contributed by atoms with E-state index in [2.05, 4.69) is 30.1 Å². The van der Waals surface area contributed by atoms with Gasteiger partial charge in [0.2, 0.25) is 10.0 Å². The number of hydrogen-bond acceptors (Lipinski definition) is 9. The lowest BCUT2D eigenvalue weighted by molar-refractivity contribution is -0.0523. The Morgan fingerprint density at radius 1 is 1.24 bits per heavy atom. The lowest BCUT2D eigenvalue weighted by Crippen LogP contribution is -2.59. The predicted molar refractivity (Wildman–Crippen MR) is 117 cm³/mol. The first-order valence-corrected chi connectivity index (χ1v) is 12.3. The summed E-state index contributed by atoms with van der Waals surface area (Å²) in [5.74, 6) is -1.00. The minimum Gasteiger partial charge on any atom is -0.414 e. The van der Waals surface area contributed by atoms with Crippen LogP contribution in [0.1, 0.15) is 33.1 Å². The first kappa shape index (κ1) is 23.1. The molecule has 5 rings (SSSR count). The van der Waals surface area contributed by atoms with E-state index in [4.69, 9.17) is 9.15 Å². The Morgan fingerprint density at radius 2 is 1.94 bits per heavy atom. The number of hydrogen-bond donors (Lipinski definition) is 2. The second-order valence-corrected chi connectivity index (χ2v) is 10.9. The Morgan fingerprint density at radius 3 is 2.53 bits per heavy atom. The fourth-order valence-electron chi connectivity index (χ4n) is 4.38. The highest BCUT2D eigenvalue weighted by molar-refractivity contribution is 7.89. The number of piperazine rings is 1. The normalized spacial score (nSPS) is 22.9. The molecule has 3 aromatic rings. The fourth-order valence-corrected chi connectivity index (χ4v) is 5.78. The van der Waals surface area contributed by atoms with Crippen LogP contribution in [0, 0.1) is 0 Å². The quantitative estimate of drug-likeness (QED) is 0.522. The predicted octanol–water partition coefficient (Wildman–Crippen LogP) is 1.58. The van der Waals surface area contributed by atoms with Crippen molar-refractivity contribution < 1.29 is 26.4 Å². The molecule has 2 N–H and O–H groups in total. The number of nitrogens with one attached hydrogen (secondary N) is 2. The Kier molecular flexibility index (Phi) is 5.58. The number of imidazole rings is 1. The van der Waals surface area contributed by atoms with Crippen LogP contribution in [-0.2, 0) is 14.8 Å². The van der Waals surface area contributed by atoms with Crippen molar-refractivity contribution in [2.24, 2.45) is 0 Å². The molecule has 0 bridgehead atoms. The molecule has 0 spiro atoms. The smallest absolute Gasteiger partial charge is 0.314 e. The van der Waals surface area contributed by atoms with Gasteiger partial charge in [-0.05, 0) is 26.8 Å². The van der Waals surface area contributed by atoms with Crippen molar-refractivity contribution in [1.29, 1.82) is 0 Å². The Hall–Kier alpha value is -2.68. The number of fused-ring (bicyclic) bond motifs is 1. The van der Waals surface area contributed by atoms with Gasteiger partial charge in [-0.25, -0.2) is 18.1 Å². The Labute approximate surface area is 194 Å². The molecule has 14 heteroatoms. The molecule has 2 aliphatic heterocycles. The molecule has 2 atom stereocenters. The highest BCUT2D eigenvalue weighted by Crippen LogP contribution is 2.32. The maximum Gasteiger partial charge on any atom is 0.314 e. The van der Waals surface area contributed by atoms with Crippen LogP contribution in [-0.4, -0.2) is 71.9 Å². The lowest BCUT2D eigenvalue weighted by Gasteiger charge is -2.39. The van der Waals surface area contributed by atoms with Gasteiger partial charge in [0.05, 0.1) is 30.6 Å². The Bertz CT molecular complexity index is 1310. The third kappa shape index (κ3) is 4.15. The summed E-state index contributed by atoms with van der Waals surface area (Å²) in [5.41, 5.74) is 0.549. The molecular weight excluding hydrogens is 472 g/mol. The van der Waals surface area contributed by atoms with Gasteiger partial charge in [0.25, 0.3) is 11.8 Å². The van der Waals surface area contributed by atoms with E-state index in [-0.39, 0.29) is 41.8 Å². The van der Waals surface area contributed by atoms with Crippen molar-refractivity contribution >= 4 is 21.4 Å². The molecule has 34 heavy (non-hydrogen) atoms. The van der Waals surface area contributed by atoms with Crippen molar-refractivity contribution in [2.45, 2.75) is 49.7 Å². The lowest BCUT2D eigenvalue weighted by atomic mass is 10.0. The number of ether oxygens (including phenoxy) is 1. The van der Waals surface area contributed by atoms with Gasteiger partial charge in [-0.15, -0.1) is 10.2 Å². The number of alkyl halides is 2. The van der Waals surface area contributed by atoms with Crippen LogP contribution in [0.25, 0.3) is 17.2 Å². The molecular formula is C20H25F2N7O4S. The van der Waals surface area contributed by atoms with E-state index >= 15 is 0 Å². The first-order chi connectivity index (χ1) is 16.0. The van der Waals surface area contributed by atoms with Crippen LogP contribution in [0.15, 0.2) is 27.8 Å². The highest BCUT2D eigenvalue weighted by Gasteiger charge is 2.38. The molecule has 0 radical (unpaired) electrons. The molecule has 3 aromatic heterocycles. The van der Waals surface area contributed by atoms with Gasteiger partial charge in [-0.2, -0.15) is 8.78 Å². The fraction of sp³-hybridized carbons (Fsp3) is 0.550. The average molecular weight is 498 g/mol. The van der Waals surface area contributed by atoms with E-state index in [1.807, 2.05) is 13.8 Å². The van der Waals surface area contributed by atoms with Crippen molar-refractivity contribution in [3.8, 4) is 11.6 Å². The minimum absolute atomic E-state index is 0.00480. The van der Waals surface area contributed by atoms with Gasteiger partial charge in [0.1, 0.15) is 10.6 Å². The van der Waals surface area contributed by atoms with Crippen molar-refractivity contribution in [1.82, 2.24) is 29.6 Å². The molecule has 5 heterocycles. The van der Waals surface area contributed by atoms with Gasteiger partial charge in [0, 0.05) is 31.4 Å². The number of aromatic nitrogens is 4. The molecule has 2 aliphatic rings. The molecule has 0 saturated carbocycles. The zero-order chi connectivity index (χ0) is 24.3. The first-order valence-electron chi connectivity index (χ1n) is 10.8. The van der Waals surface area contributed by atoms with Crippen LogP contribution in [0.4, 0.5) is 14.5 Å². The zero-order valence-corrected chi connectivity index (χ0v) is 19.6. The van der Waals surface area contributed by atoms with Crippen LogP contribution in [0.2, 0.25) is 0 Å². The van der Waals surface area contributed by atoms with E-state index in [0.29, 0.717) is 24.4 Å². The van der Waals surface area contributed by atoms with E-state index < -0.39 is 27.9 Å². The van der Waals surface area contributed by atoms with Crippen molar-refractivity contribution in [2.75, 3.05) is 31.2 Å². The summed E-state index contributed by atoms with van der Waals surface area (Å²) >= 11 is 0. The summed E-state index contributed by atoms with van der Waals surface area (Å²) in [4.78, 5) is 6.50. The molecule has 0 unspecified atom stereocenters. The monoisotopic (exact) mass is 497 g/mol. The highest BCUT2D eigenvalue weighted by atomic mass is 32.2. The topological polar surface area (TPSA) is 127 Å². The molecule has 184 valence electrons. The molecule has 11 nitrogen and oxygen atoms in total. The van der Waals surface area contributed by atoms with Crippen LogP contribution < -0.4 is 14.9 Å². The van der Waals surface area contributed by atoms with Gasteiger partial charge < -0.3 is 19.4 Å². The summed E-state index contributed by atoms with van der Waals surface area (Å²) in [6.07, 6.45) is -0.139. The number of halogens is 2. The zero-order valence-electron chi connectivity index (χ0n) is 18.8. The van der Waals surface area contributed by atoms with Gasteiger partial charge in [-0.1, -0.05) is 0 Å². The molecule has 0 aromatic carbocycles. The molecule has 0 aliphatic carbocycles. The number of pyridine rings is 1. The van der Waals surface area contributed by atoms with E-state index in [1.54, 1.807) is 13.0 Å². The summed E-state index contributed by atoms with van der Waals surface area (Å²) < 4.78 is 67.1. The molecule has 2 fully saturated rings. The van der Waals surface area contributed by atoms with E-state index in [1.165, 1.54) is 16.8 Å². The second-order valence-electron chi connectivity index (χ2n) is 9.18. The number of sulfonamides is 1. The number of rotatable bonds is 6. The standard InChI is InChI=1S/C20H25F2N7O4S/c1-11-6-28(7-12(2)24-11)14-4-13(34(30,31)27-20(3)9-32-10-20)8-29-15(5-23-17(14)29)18-25-26-19(33-18)16(21)22/h4-5,8,11-12,16,24,27H,6-7,9-10H2,1-3H3/t11-,12-/m0/s1. The summed E-state index contributed by atoms with van der Waals surface area (Å²) in [7, 11) is -3.95. The minimum atomic E-state index is -3.95. The van der Waals surface area contributed by atoms with E-state index in [9.17, 15) is 17.2 Å². The van der Waals surface area contributed by atoms with Crippen LogP contribution >= 0.6 is 0 Å². The molecule has 0 amide bonds. The number of nitrogens with zero attached hydrogens (tertiary/aromatic N) is 5. The summed E-state index contributed by atoms with van der Waals surface area (Å²) in [6, 6.07) is 1.90. The maximum atomic E-state index is 13.3. The third-order valence-corrected chi connectivity index (χ3v) is 7.44. The van der Waals surface area contributed by atoms with Crippen LogP contribution in [0.3, 0.4) is 0 Å². The summed E-state index contributed by atoms with van der Waals surface area (Å²) in [5, 5.41) is 10.5. The maximum absolute atomic E-state index is 13.3. The average Bonchev–Trinajstić information content (AvgIpc) is 3.38. The summed E-state index contributed by atoms with van der Waals surface area (Å²) in [6.45, 7) is 7.63. The third-order valence-electron chi connectivity index (χ3n) is 5.84. The Balaban J connectivity index is 1.65. The molecule has 2 saturated heterocycles. The second kappa shape index (κ2) is 8.22.